The second kappa shape index (κ2) is 5.63. The molecule has 0 radical (unpaired) electrons. The molecule has 0 bridgehead atoms. The van der Waals surface area contributed by atoms with Crippen LogP contribution in [0.3, 0.4) is 0 Å². The molecule has 23 heavy (non-hydrogen) atoms. The van der Waals surface area contributed by atoms with E-state index in [1.807, 2.05) is 25.1 Å². The molecular weight excluding hydrogens is 310 g/mol. The second-order valence-electron chi connectivity index (χ2n) is 6.69. The van der Waals surface area contributed by atoms with E-state index in [1.165, 1.54) is 5.56 Å². The van der Waals surface area contributed by atoms with Crippen molar-refractivity contribution in [1.29, 1.82) is 0 Å². The number of nitrogens with zero attached hydrogens (tertiary/aromatic N) is 3. The minimum Gasteiger partial charge on any atom is -0.396 e. The molecule has 4 atom stereocenters. The summed E-state index contributed by atoms with van der Waals surface area (Å²) in [6.07, 6.45) is -0.404. The van der Waals surface area contributed by atoms with Crippen LogP contribution in [0.25, 0.3) is 0 Å². The summed E-state index contributed by atoms with van der Waals surface area (Å²) in [5.74, 6) is 0.380. The van der Waals surface area contributed by atoms with Crippen molar-refractivity contribution in [1.82, 2.24) is 15.1 Å². The van der Waals surface area contributed by atoms with Crippen LogP contribution >= 0.6 is 11.3 Å². The second-order valence-corrected chi connectivity index (χ2v) is 7.96. The van der Waals surface area contributed by atoms with Crippen molar-refractivity contribution < 1.29 is 10.2 Å². The molecule has 0 amide bonds. The number of rotatable bonds is 4. The molecule has 1 aliphatic heterocycles. The minimum atomic E-state index is -0.404. The molecular formula is C17H21N3O2S. The molecule has 2 N–H and O–H groups in total. The van der Waals surface area contributed by atoms with E-state index in [1.54, 1.807) is 11.3 Å². The van der Waals surface area contributed by atoms with Crippen LogP contribution in [0.15, 0.2) is 30.3 Å². The SMILES string of the molecule is Cc1nnc(CN2C[C@H](O)[C@@]3(C2)[C@H](CO)[C@H]3c2ccccc2)s1. The predicted octanol–water partition coefficient (Wildman–Crippen LogP) is 1.42. The predicted molar refractivity (Wildman–Crippen MR) is 88.1 cm³/mol. The van der Waals surface area contributed by atoms with E-state index in [2.05, 4.69) is 27.2 Å². The summed E-state index contributed by atoms with van der Waals surface area (Å²) in [7, 11) is 0. The Bertz CT molecular complexity index is 692. The first-order valence-electron chi connectivity index (χ1n) is 8.00. The maximum atomic E-state index is 10.7. The molecule has 1 saturated heterocycles. The molecule has 5 nitrogen and oxygen atoms in total. The van der Waals surface area contributed by atoms with Gasteiger partial charge in [-0.05, 0) is 24.3 Å². The molecule has 1 saturated carbocycles. The van der Waals surface area contributed by atoms with Crippen molar-refractivity contribution >= 4 is 11.3 Å². The first-order chi connectivity index (χ1) is 11.1. The Labute approximate surface area is 139 Å². The molecule has 2 fully saturated rings. The Balaban J connectivity index is 1.54. The average molecular weight is 331 g/mol. The third-order valence-electron chi connectivity index (χ3n) is 5.39. The highest BCUT2D eigenvalue weighted by molar-refractivity contribution is 7.11. The van der Waals surface area contributed by atoms with E-state index in [9.17, 15) is 10.2 Å². The molecule has 6 heteroatoms. The Morgan fingerprint density at radius 2 is 2.09 bits per heavy atom. The van der Waals surface area contributed by atoms with Crippen molar-refractivity contribution in [3.8, 4) is 0 Å². The first kappa shape index (κ1) is 15.2. The zero-order chi connectivity index (χ0) is 16.0. The number of β-amino-alcohol motifs (C(OH)–C–C–N with tert-alkyl or cyclic N) is 1. The van der Waals surface area contributed by atoms with Crippen LogP contribution in [0.5, 0.6) is 0 Å². The molecule has 1 aromatic heterocycles. The van der Waals surface area contributed by atoms with Gasteiger partial charge in [-0.3, -0.25) is 4.90 Å². The fourth-order valence-corrected chi connectivity index (χ4v) is 5.13. The summed E-state index contributed by atoms with van der Waals surface area (Å²) in [5.41, 5.74) is 1.01. The highest BCUT2D eigenvalue weighted by Gasteiger charge is 2.70. The van der Waals surface area contributed by atoms with Gasteiger partial charge in [-0.15, -0.1) is 21.5 Å². The molecule has 4 rings (SSSR count). The van der Waals surface area contributed by atoms with Crippen LogP contribution in [0.4, 0.5) is 0 Å². The summed E-state index contributed by atoms with van der Waals surface area (Å²) in [4.78, 5) is 2.25. The number of hydrogen-bond donors (Lipinski definition) is 2. The summed E-state index contributed by atoms with van der Waals surface area (Å²) in [6, 6.07) is 10.3. The first-order valence-corrected chi connectivity index (χ1v) is 8.82. The molecule has 2 aromatic rings. The summed E-state index contributed by atoms with van der Waals surface area (Å²) in [5, 5.41) is 30.7. The van der Waals surface area contributed by atoms with Crippen molar-refractivity contribution in [3.63, 3.8) is 0 Å². The van der Waals surface area contributed by atoms with E-state index in [-0.39, 0.29) is 23.9 Å². The monoisotopic (exact) mass is 331 g/mol. The fourth-order valence-electron chi connectivity index (χ4n) is 4.37. The van der Waals surface area contributed by atoms with Gasteiger partial charge < -0.3 is 10.2 Å². The maximum Gasteiger partial charge on any atom is 0.131 e. The summed E-state index contributed by atoms with van der Waals surface area (Å²) in [6.45, 7) is 4.25. The molecule has 0 unspecified atom stereocenters. The fraction of sp³-hybridized carbons (Fsp3) is 0.529. The quantitative estimate of drug-likeness (QED) is 0.887. The normalized spacial score (nSPS) is 33.4. The number of benzene rings is 1. The van der Waals surface area contributed by atoms with Crippen LogP contribution in [0.1, 0.15) is 21.5 Å². The van der Waals surface area contributed by atoms with E-state index in [0.717, 1.165) is 23.1 Å². The average Bonchev–Trinajstić information content (AvgIpc) is 2.82. The van der Waals surface area contributed by atoms with Crippen molar-refractivity contribution in [2.75, 3.05) is 19.7 Å². The van der Waals surface area contributed by atoms with Crippen LogP contribution in [0.2, 0.25) is 0 Å². The molecule has 2 aliphatic rings. The Morgan fingerprint density at radius 3 is 2.74 bits per heavy atom. The van der Waals surface area contributed by atoms with Crippen LogP contribution in [-0.2, 0) is 6.54 Å². The molecule has 1 aromatic carbocycles. The number of likely N-dealkylation sites (tertiary alicyclic amines) is 1. The standard InChI is InChI=1S/C17H21N3O2S/c1-11-18-19-15(23-11)8-20-7-14(22)17(10-20)13(9-21)16(17)12-5-3-2-4-6-12/h2-6,13-14,16,21-22H,7-10H2,1H3/t13-,14+,16-,17-/m1/s1. The van der Waals surface area contributed by atoms with Gasteiger partial charge in [0.1, 0.15) is 10.0 Å². The topological polar surface area (TPSA) is 69.5 Å². The summed E-state index contributed by atoms with van der Waals surface area (Å²) >= 11 is 1.61. The van der Waals surface area contributed by atoms with Crippen molar-refractivity contribution in [3.05, 3.63) is 45.9 Å². The minimum absolute atomic E-state index is 0.127. The molecule has 2 heterocycles. The Kier molecular flexibility index (Phi) is 3.72. The van der Waals surface area contributed by atoms with Gasteiger partial charge in [-0.1, -0.05) is 30.3 Å². The van der Waals surface area contributed by atoms with Gasteiger partial charge >= 0.3 is 0 Å². The van der Waals surface area contributed by atoms with Gasteiger partial charge in [-0.25, -0.2) is 0 Å². The van der Waals surface area contributed by atoms with E-state index in [0.29, 0.717) is 6.54 Å². The lowest BCUT2D eigenvalue weighted by Gasteiger charge is -2.15. The van der Waals surface area contributed by atoms with Crippen LogP contribution in [-0.4, -0.2) is 51.1 Å². The van der Waals surface area contributed by atoms with Crippen molar-refractivity contribution in [2.45, 2.75) is 25.5 Å². The third kappa shape index (κ3) is 2.41. The van der Waals surface area contributed by atoms with Gasteiger partial charge in [0.25, 0.3) is 0 Å². The third-order valence-corrected chi connectivity index (χ3v) is 6.22. The van der Waals surface area contributed by atoms with Gasteiger partial charge in [0, 0.05) is 25.1 Å². The number of aliphatic hydroxyl groups excluding tert-OH is 2. The number of aryl methyl sites for hydroxylation is 1. The van der Waals surface area contributed by atoms with E-state index < -0.39 is 6.10 Å². The molecule has 1 spiro atoms. The number of aliphatic hydroxyl groups is 2. The lowest BCUT2D eigenvalue weighted by molar-refractivity contribution is 0.111. The van der Waals surface area contributed by atoms with E-state index >= 15 is 0 Å². The Morgan fingerprint density at radius 1 is 1.30 bits per heavy atom. The summed E-state index contributed by atoms with van der Waals surface area (Å²) < 4.78 is 0. The lowest BCUT2D eigenvalue weighted by Crippen LogP contribution is -2.23. The zero-order valence-corrected chi connectivity index (χ0v) is 13.9. The van der Waals surface area contributed by atoms with Gasteiger partial charge in [0.05, 0.1) is 12.6 Å². The van der Waals surface area contributed by atoms with Crippen LogP contribution < -0.4 is 0 Å². The highest BCUT2D eigenvalue weighted by Crippen LogP contribution is 2.68. The van der Waals surface area contributed by atoms with Gasteiger partial charge in [-0.2, -0.15) is 0 Å². The van der Waals surface area contributed by atoms with Gasteiger partial charge in [0.2, 0.25) is 0 Å². The maximum absolute atomic E-state index is 10.7. The largest absolute Gasteiger partial charge is 0.396 e. The Hall–Kier alpha value is -1.34. The molecule has 122 valence electrons. The van der Waals surface area contributed by atoms with Crippen molar-refractivity contribution in [2.24, 2.45) is 11.3 Å². The van der Waals surface area contributed by atoms with Crippen LogP contribution in [0, 0.1) is 18.3 Å². The smallest absolute Gasteiger partial charge is 0.131 e. The lowest BCUT2D eigenvalue weighted by atomic mass is 9.95. The highest BCUT2D eigenvalue weighted by atomic mass is 32.1. The molecule has 1 aliphatic carbocycles. The number of hydrogen-bond acceptors (Lipinski definition) is 6. The number of aromatic nitrogens is 2. The van der Waals surface area contributed by atoms with Gasteiger partial charge in [0.15, 0.2) is 0 Å². The zero-order valence-electron chi connectivity index (χ0n) is 13.1. The van der Waals surface area contributed by atoms with E-state index in [4.69, 9.17) is 0 Å².